The minimum absolute atomic E-state index is 1.12. The van der Waals surface area contributed by atoms with E-state index in [0.29, 0.717) is 0 Å². The number of hydrogen-bond donors (Lipinski definition) is 2. The van der Waals surface area contributed by atoms with Crippen molar-refractivity contribution in [3.8, 4) is 0 Å². The van der Waals surface area contributed by atoms with Crippen LogP contribution in [0.5, 0.6) is 0 Å². The Hall–Kier alpha value is 1.32. The van der Waals surface area contributed by atoms with E-state index in [2.05, 4.69) is 21.6 Å². The van der Waals surface area contributed by atoms with E-state index in [-0.39, 0.29) is 0 Å². The average molecular weight is 169 g/mol. The van der Waals surface area contributed by atoms with Crippen LogP contribution in [0, 0.1) is 0 Å². The fourth-order valence-electron chi connectivity index (χ4n) is 0. The van der Waals surface area contributed by atoms with Crippen LogP contribution >= 0.6 is 11.5 Å². The first-order chi connectivity index (χ1) is 2.91. The summed E-state index contributed by atoms with van der Waals surface area (Å²) >= 11 is 4.19. The Morgan fingerprint density at radius 1 is 1.17 bits per heavy atom. The molecule has 0 fully saturated rings. The zero-order valence-electron chi connectivity index (χ0n) is 3.09. The molecule has 0 aromatic heterocycles. The van der Waals surface area contributed by atoms with Crippen LogP contribution in [0.4, 0.5) is 0 Å². The maximum absolute atomic E-state index is 6.90. The molecule has 0 radical (unpaired) electrons. The fraction of sp³-hybridized carbons (Fsp3) is 0. The van der Waals surface area contributed by atoms with E-state index in [0.717, 1.165) is 25.4 Å². The monoisotopic (exact) mass is 168 g/mol. The molecule has 0 unspecified atom stereocenters. The molecule has 0 heterocycles. The molecular formula is H2BrNaO4. The van der Waals surface area contributed by atoms with E-state index in [1.165, 1.54) is 0 Å². The summed E-state index contributed by atoms with van der Waals surface area (Å²) < 4.78 is 0. The van der Waals surface area contributed by atoms with Gasteiger partial charge in [0.25, 0.3) is 0 Å². The summed E-state index contributed by atoms with van der Waals surface area (Å²) in [6.07, 6.45) is 0. The van der Waals surface area contributed by atoms with Gasteiger partial charge in [-0.1, -0.05) is 0 Å². The molecule has 0 spiro atoms. The average Bonchev–Trinajstić information content (AvgIpc) is 1.72. The summed E-state index contributed by atoms with van der Waals surface area (Å²) in [7, 11) is 0. The molecule has 0 aliphatic carbocycles. The Morgan fingerprint density at radius 3 is 1.33 bits per heavy atom. The zero-order valence-corrected chi connectivity index (χ0v) is 6.67. The second kappa shape index (κ2) is 16.2. The topological polar surface area (TPSA) is 58.9 Å². The molecule has 0 aromatic rings. The van der Waals surface area contributed by atoms with Crippen molar-refractivity contribution in [3.63, 3.8) is 0 Å². The molecule has 0 bridgehead atoms. The normalized spacial score (nSPS) is 6.17. The van der Waals surface area contributed by atoms with Crippen molar-refractivity contribution in [3.05, 3.63) is 0 Å². The Labute approximate surface area is 57.3 Å². The van der Waals surface area contributed by atoms with Crippen LogP contribution in [0.1, 0.15) is 0 Å². The first-order valence-electron chi connectivity index (χ1n) is 0.910. The van der Waals surface area contributed by atoms with Crippen LogP contribution in [0.15, 0.2) is 0 Å². The molecule has 0 amide bonds. The molecule has 6 heteroatoms. The van der Waals surface area contributed by atoms with Crippen molar-refractivity contribution >= 4 is 36.9 Å². The third-order valence-corrected chi connectivity index (χ3v) is 0.0333. The van der Waals surface area contributed by atoms with Gasteiger partial charge in [0.2, 0.25) is 0 Å². The molecule has 4 nitrogen and oxygen atoms in total. The molecule has 0 atom stereocenters. The van der Waals surface area contributed by atoms with E-state index < -0.39 is 0 Å². The SMILES string of the molecule is OOOO.[Na][Br]. The first kappa shape index (κ1) is 10.3. The van der Waals surface area contributed by atoms with Gasteiger partial charge in [-0.15, -0.1) is 0 Å². The molecule has 6 heavy (non-hydrogen) atoms. The Bertz CT molecular complexity index is 9.51. The molecule has 2 N–H and O–H groups in total. The molecule has 0 saturated heterocycles. The van der Waals surface area contributed by atoms with E-state index in [1.807, 2.05) is 0 Å². The van der Waals surface area contributed by atoms with Crippen molar-refractivity contribution in [1.82, 2.24) is 0 Å². The van der Waals surface area contributed by atoms with Gasteiger partial charge in [0.15, 0.2) is 0 Å². The summed E-state index contributed by atoms with van der Waals surface area (Å²) in [6, 6.07) is 0. The Morgan fingerprint density at radius 2 is 1.33 bits per heavy atom. The summed E-state index contributed by atoms with van der Waals surface area (Å²) in [5.41, 5.74) is 0. The second-order valence-corrected chi connectivity index (χ2v) is 0.149. The molecule has 0 saturated carbocycles. The van der Waals surface area contributed by atoms with Crippen LogP contribution in [-0.2, 0) is 10.1 Å². The number of rotatable bonds is 1. The Kier molecular flexibility index (Phi) is 27.9. The fourth-order valence-corrected chi connectivity index (χ4v) is 0. The van der Waals surface area contributed by atoms with Crippen molar-refractivity contribution in [2.75, 3.05) is 0 Å². The van der Waals surface area contributed by atoms with Crippen molar-refractivity contribution in [2.24, 2.45) is 0 Å². The quantitative estimate of drug-likeness (QED) is 0.337. The van der Waals surface area contributed by atoms with Crippen LogP contribution in [0.2, 0.25) is 0 Å². The summed E-state index contributed by atoms with van der Waals surface area (Å²) in [5, 5.41) is 19.0. The van der Waals surface area contributed by atoms with E-state index >= 15 is 0 Å². The van der Waals surface area contributed by atoms with E-state index in [9.17, 15) is 0 Å². The van der Waals surface area contributed by atoms with Gasteiger partial charge in [-0.05, 0) is 10.1 Å². The van der Waals surface area contributed by atoms with Crippen LogP contribution in [0.3, 0.4) is 0 Å². The van der Waals surface area contributed by atoms with Gasteiger partial charge in [0.05, 0.1) is 0 Å². The molecule has 0 rings (SSSR count). The third kappa shape index (κ3) is 18.4. The van der Waals surface area contributed by atoms with Gasteiger partial charge in [-0.2, -0.15) is 0 Å². The molecule has 0 aromatic carbocycles. The minimum atomic E-state index is 1.12. The molecule has 34 valence electrons. The van der Waals surface area contributed by atoms with Crippen molar-refractivity contribution in [2.45, 2.75) is 0 Å². The third-order valence-electron chi connectivity index (χ3n) is 0.0333. The van der Waals surface area contributed by atoms with E-state index in [1.54, 1.807) is 0 Å². The standard InChI is InChI=1S/BrH.Na.H2O4/c;;1-3-4-2/h1H;;1-2H/q;+1;/p-1. The van der Waals surface area contributed by atoms with Gasteiger partial charge in [-0.25, -0.2) is 10.5 Å². The predicted molar refractivity (Wildman–Crippen MR) is 22.1 cm³/mol. The van der Waals surface area contributed by atoms with Crippen LogP contribution in [-0.4, -0.2) is 35.9 Å². The summed E-state index contributed by atoms with van der Waals surface area (Å²) in [4.78, 5) is 0. The molecular weight excluding hydrogens is 167 g/mol. The van der Waals surface area contributed by atoms with Crippen LogP contribution < -0.4 is 0 Å². The van der Waals surface area contributed by atoms with Crippen molar-refractivity contribution < 1.29 is 20.6 Å². The summed E-state index contributed by atoms with van der Waals surface area (Å²) in [6.45, 7) is 0. The molecule has 0 aliphatic rings. The van der Waals surface area contributed by atoms with Crippen LogP contribution in [0.25, 0.3) is 0 Å². The maximum atomic E-state index is 6.90. The molecule has 0 aliphatic heterocycles. The van der Waals surface area contributed by atoms with E-state index in [4.69, 9.17) is 10.5 Å². The van der Waals surface area contributed by atoms with Gasteiger partial charge in [-0.3, -0.25) is 0 Å². The number of halogens is 1. The zero-order chi connectivity index (χ0) is 5.41. The van der Waals surface area contributed by atoms with Gasteiger partial charge in [0.1, 0.15) is 0 Å². The van der Waals surface area contributed by atoms with Gasteiger partial charge >= 0.3 is 36.9 Å². The number of hydrogen-bond acceptors (Lipinski definition) is 4. The Balaban J connectivity index is 0. The summed E-state index contributed by atoms with van der Waals surface area (Å²) in [5.74, 6) is 0. The predicted octanol–water partition coefficient (Wildman–Crippen LogP) is 0.345. The first-order valence-corrected chi connectivity index (χ1v) is 6.42. The van der Waals surface area contributed by atoms with Gasteiger partial charge < -0.3 is 0 Å². The van der Waals surface area contributed by atoms with Crippen molar-refractivity contribution in [1.29, 1.82) is 0 Å². The second-order valence-electron chi connectivity index (χ2n) is 0.149. The van der Waals surface area contributed by atoms with Gasteiger partial charge in [0, 0.05) is 0 Å².